The van der Waals surface area contributed by atoms with Gasteiger partial charge in [0.05, 0.1) is 13.2 Å². The van der Waals surface area contributed by atoms with Crippen LogP contribution < -0.4 is 5.32 Å². The molecule has 0 aromatic carbocycles. The fraction of sp³-hybridized carbons (Fsp3) is 0.667. The normalized spacial score (nSPS) is 15.7. The van der Waals surface area contributed by atoms with Gasteiger partial charge >= 0.3 is 0 Å². The summed E-state index contributed by atoms with van der Waals surface area (Å²) < 4.78 is 4.88. The van der Waals surface area contributed by atoms with Crippen LogP contribution in [0.1, 0.15) is 25.0 Å². The van der Waals surface area contributed by atoms with Gasteiger partial charge in [-0.05, 0) is 19.8 Å². The van der Waals surface area contributed by atoms with E-state index in [1.807, 2.05) is 4.90 Å². The monoisotopic (exact) mass is 253 g/mol. The van der Waals surface area contributed by atoms with Crippen LogP contribution in [0.25, 0.3) is 0 Å². The van der Waals surface area contributed by atoms with E-state index >= 15 is 0 Å². The van der Waals surface area contributed by atoms with Crippen LogP contribution in [0, 0.1) is 6.92 Å². The SMILES string of the molecule is Cc1cc(NC(=O)CN(CCO)C2CCC2)no1. The van der Waals surface area contributed by atoms with Crippen molar-refractivity contribution in [3.63, 3.8) is 0 Å². The van der Waals surface area contributed by atoms with Crippen LogP contribution in [0.4, 0.5) is 5.82 Å². The molecule has 0 bridgehead atoms. The van der Waals surface area contributed by atoms with E-state index in [2.05, 4.69) is 10.5 Å². The molecule has 2 N–H and O–H groups in total. The third kappa shape index (κ3) is 3.30. The number of hydrogen-bond donors (Lipinski definition) is 2. The van der Waals surface area contributed by atoms with Crippen LogP contribution in [0.2, 0.25) is 0 Å². The summed E-state index contributed by atoms with van der Waals surface area (Å²) in [4.78, 5) is 13.9. The highest BCUT2D eigenvalue weighted by Crippen LogP contribution is 2.24. The van der Waals surface area contributed by atoms with Crippen LogP contribution in [0.5, 0.6) is 0 Å². The van der Waals surface area contributed by atoms with Crippen LogP contribution >= 0.6 is 0 Å². The molecule has 0 atom stereocenters. The number of amides is 1. The highest BCUT2D eigenvalue weighted by atomic mass is 16.5. The summed E-state index contributed by atoms with van der Waals surface area (Å²) in [6.07, 6.45) is 3.42. The molecule has 18 heavy (non-hydrogen) atoms. The number of carbonyl (C=O) groups is 1. The number of hydrogen-bond acceptors (Lipinski definition) is 5. The molecule has 0 unspecified atom stereocenters. The molecule has 1 aromatic heterocycles. The zero-order valence-corrected chi connectivity index (χ0v) is 10.6. The van der Waals surface area contributed by atoms with Gasteiger partial charge < -0.3 is 14.9 Å². The Labute approximate surface area is 106 Å². The van der Waals surface area contributed by atoms with Crippen molar-refractivity contribution in [1.29, 1.82) is 0 Å². The van der Waals surface area contributed by atoms with Crippen molar-refractivity contribution in [2.24, 2.45) is 0 Å². The Morgan fingerprint density at radius 2 is 2.44 bits per heavy atom. The zero-order chi connectivity index (χ0) is 13.0. The van der Waals surface area contributed by atoms with Gasteiger partial charge in [-0.25, -0.2) is 0 Å². The van der Waals surface area contributed by atoms with E-state index in [-0.39, 0.29) is 19.1 Å². The van der Waals surface area contributed by atoms with Crippen molar-refractivity contribution in [3.8, 4) is 0 Å². The Bertz CT molecular complexity index is 401. The Morgan fingerprint density at radius 3 is 2.94 bits per heavy atom. The number of rotatable bonds is 6. The van der Waals surface area contributed by atoms with Crippen molar-refractivity contribution in [2.45, 2.75) is 32.2 Å². The molecule has 1 aliphatic carbocycles. The Kier molecular flexibility index (Phi) is 4.33. The maximum Gasteiger partial charge on any atom is 0.239 e. The van der Waals surface area contributed by atoms with E-state index in [0.29, 0.717) is 24.2 Å². The fourth-order valence-corrected chi connectivity index (χ4v) is 2.06. The van der Waals surface area contributed by atoms with Crippen LogP contribution in [-0.2, 0) is 4.79 Å². The highest BCUT2D eigenvalue weighted by Gasteiger charge is 2.26. The summed E-state index contributed by atoms with van der Waals surface area (Å²) in [5.41, 5.74) is 0. The minimum atomic E-state index is -0.122. The second kappa shape index (κ2) is 5.97. The van der Waals surface area contributed by atoms with E-state index in [4.69, 9.17) is 9.63 Å². The van der Waals surface area contributed by atoms with Crippen molar-refractivity contribution >= 4 is 11.7 Å². The van der Waals surface area contributed by atoms with Crippen molar-refractivity contribution < 1.29 is 14.4 Å². The minimum absolute atomic E-state index is 0.0762. The predicted molar refractivity (Wildman–Crippen MR) is 66.2 cm³/mol. The van der Waals surface area contributed by atoms with Gasteiger partial charge in [0.25, 0.3) is 0 Å². The second-order valence-electron chi connectivity index (χ2n) is 4.65. The van der Waals surface area contributed by atoms with Gasteiger partial charge in [0.1, 0.15) is 5.76 Å². The lowest BCUT2D eigenvalue weighted by molar-refractivity contribution is -0.118. The average Bonchev–Trinajstić information content (AvgIpc) is 2.61. The quantitative estimate of drug-likeness (QED) is 0.783. The van der Waals surface area contributed by atoms with Gasteiger partial charge in [-0.2, -0.15) is 0 Å². The van der Waals surface area contributed by atoms with Gasteiger partial charge in [0, 0.05) is 18.7 Å². The summed E-state index contributed by atoms with van der Waals surface area (Å²) in [5.74, 6) is 0.982. The van der Waals surface area contributed by atoms with E-state index < -0.39 is 0 Å². The predicted octanol–water partition coefficient (Wildman–Crippen LogP) is 0.768. The summed E-state index contributed by atoms with van der Waals surface area (Å²) in [7, 11) is 0. The number of nitrogens with one attached hydrogen (secondary N) is 1. The second-order valence-corrected chi connectivity index (χ2v) is 4.65. The molecule has 0 spiro atoms. The Morgan fingerprint density at radius 1 is 1.67 bits per heavy atom. The molecular weight excluding hydrogens is 234 g/mol. The molecule has 1 aliphatic rings. The molecule has 1 heterocycles. The summed E-state index contributed by atoms with van der Waals surface area (Å²) in [5, 5.41) is 15.4. The minimum Gasteiger partial charge on any atom is -0.395 e. The number of carbonyl (C=O) groups excluding carboxylic acids is 1. The lowest BCUT2D eigenvalue weighted by Gasteiger charge is -2.36. The molecular formula is C12H19N3O3. The molecule has 1 saturated carbocycles. The third-order valence-electron chi connectivity index (χ3n) is 3.22. The van der Waals surface area contributed by atoms with Gasteiger partial charge in [0.2, 0.25) is 5.91 Å². The maximum absolute atomic E-state index is 11.8. The lowest BCUT2D eigenvalue weighted by atomic mass is 9.91. The fourth-order valence-electron chi connectivity index (χ4n) is 2.06. The molecule has 2 rings (SSSR count). The summed E-state index contributed by atoms with van der Waals surface area (Å²) in [6.45, 7) is 2.68. The molecule has 1 aromatic rings. The molecule has 6 heteroatoms. The molecule has 100 valence electrons. The Balaban J connectivity index is 1.84. The number of aliphatic hydroxyl groups excluding tert-OH is 1. The number of aromatic nitrogens is 1. The molecule has 0 radical (unpaired) electrons. The van der Waals surface area contributed by atoms with Gasteiger partial charge in [-0.15, -0.1) is 0 Å². The number of aryl methyl sites for hydroxylation is 1. The smallest absolute Gasteiger partial charge is 0.239 e. The lowest BCUT2D eigenvalue weighted by Crippen LogP contribution is -2.45. The number of nitrogens with zero attached hydrogens (tertiary/aromatic N) is 2. The van der Waals surface area contributed by atoms with Crippen LogP contribution in [0.15, 0.2) is 10.6 Å². The largest absolute Gasteiger partial charge is 0.395 e. The highest BCUT2D eigenvalue weighted by molar-refractivity contribution is 5.91. The van der Waals surface area contributed by atoms with E-state index in [0.717, 1.165) is 12.8 Å². The first-order valence-electron chi connectivity index (χ1n) is 6.27. The standard InChI is InChI=1S/C12H19N3O3/c1-9-7-11(14-18-9)13-12(17)8-15(5-6-16)10-3-2-4-10/h7,10,16H,2-6,8H2,1H3,(H,13,14,17). The van der Waals surface area contributed by atoms with Gasteiger partial charge in [-0.1, -0.05) is 11.6 Å². The first-order valence-corrected chi connectivity index (χ1v) is 6.27. The van der Waals surface area contributed by atoms with Crippen molar-refractivity contribution in [1.82, 2.24) is 10.1 Å². The molecule has 0 aliphatic heterocycles. The zero-order valence-electron chi connectivity index (χ0n) is 10.6. The summed E-state index contributed by atoms with van der Waals surface area (Å²) in [6, 6.07) is 2.11. The van der Waals surface area contributed by atoms with E-state index in [9.17, 15) is 4.79 Å². The summed E-state index contributed by atoms with van der Waals surface area (Å²) >= 11 is 0. The van der Waals surface area contributed by atoms with Crippen LogP contribution in [-0.4, -0.2) is 46.8 Å². The third-order valence-corrected chi connectivity index (χ3v) is 3.22. The van der Waals surface area contributed by atoms with E-state index in [1.165, 1.54) is 6.42 Å². The topological polar surface area (TPSA) is 78.6 Å². The van der Waals surface area contributed by atoms with Crippen LogP contribution in [0.3, 0.4) is 0 Å². The first kappa shape index (κ1) is 13.0. The maximum atomic E-state index is 11.8. The average molecular weight is 253 g/mol. The van der Waals surface area contributed by atoms with E-state index in [1.54, 1.807) is 13.0 Å². The van der Waals surface area contributed by atoms with Crippen molar-refractivity contribution in [2.75, 3.05) is 25.0 Å². The number of aliphatic hydroxyl groups is 1. The van der Waals surface area contributed by atoms with Gasteiger partial charge in [-0.3, -0.25) is 9.69 Å². The van der Waals surface area contributed by atoms with Crippen molar-refractivity contribution in [3.05, 3.63) is 11.8 Å². The molecule has 1 amide bonds. The Hall–Kier alpha value is -1.40. The first-order chi connectivity index (χ1) is 8.69. The molecule has 6 nitrogen and oxygen atoms in total. The number of anilines is 1. The van der Waals surface area contributed by atoms with Gasteiger partial charge in [0.15, 0.2) is 5.82 Å². The molecule has 0 saturated heterocycles. The molecule has 1 fully saturated rings.